The molecule has 0 aromatic rings. The van der Waals surface area contributed by atoms with Crippen LogP contribution >= 0.6 is 0 Å². The molecule has 2 fully saturated rings. The number of allylic oxidation sites excluding steroid dienone is 3. The smallest absolute Gasteiger partial charge is 0.407 e. The third-order valence-electron chi connectivity index (χ3n) is 9.78. The maximum absolute atomic E-state index is 13.0. The van der Waals surface area contributed by atoms with Crippen molar-refractivity contribution in [3.05, 3.63) is 36.0 Å². The van der Waals surface area contributed by atoms with Gasteiger partial charge in [-0.1, -0.05) is 58.1 Å². The molecule has 0 bridgehead atoms. The van der Waals surface area contributed by atoms with Crippen LogP contribution in [0.2, 0.25) is 0 Å². The first-order valence-electron chi connectivity index (χ1n) is 16.8. The molecule has 11 nitrogen and oxygen atoms in total. The molecule has 3 heterocycles. The molecular weight excluding hydrogens is 592 g/mol. The van der Waals surface area contributed by atoms with Crippen LogP contribution in [0.5, 0.6) is 0 Å². The Morgan fingerprint density at radius 3 is 2.63 bits per heavy atom. The van der Waals surface area contributed by atoms with E-state index in [-0.39, 0.29) is 55.3 Å². The SMILES string of the molecule is CC[C@@H](O)[C@@H](C)[C@H]1O[C@@H]1C[C@@H](C)/C=C/C=C(\C)[C@H]1OC(=O)C[C@@H](O)CC[C@](C)(OC(C)=O)[C@H](C2CNCCN2C(=O)O)/C=C/[C@@H]1C. The zero-order valence-corrected chi connectivity index (χ0v) is 28.6. The fourth-order valence-corrected chi connectivity index (χ4v) is 6.92. The van der Waals surface area contributed by atoms with Gasteiger partial charge in [-0.05, 0) is 51.0 Å². The topological polar surface area (TPSA) is 158 Å². The Kier molecular flexibility index (Phi) is 13.9. The van der Waals surface area contributed by atoms with Crippen molar-refractivity contribution in [1.82, 2.24) is 10.2 Å². The lowest BCUT2D eigenvalue weighted by molar-refractivity contribution is -0.164. The molecule has 0 spiro atoms. The fraction of sp³-hybridized carbons (Fsp3) is 0.743. The zero-order chi connectivity index (χ0) is 34.2. The third kappa shape index (κ3) is 10.4. The molecule has 0 aromatic heterocycles. The number of nitrogens with zero attached hydrogens (tertiary/aromatic N) is 1. The standard InChI is InChI=1S/C35H56N2O9/c1-8-29(40)24(5)33-30(44-33)18-21(2)10-9-11-22(3)32-23(4)12-13-27(28-20-36-16-17-37(28)34(42)43)35(7,46-25(6)38)15-14-26(39)19-31(41)45-32/h9-13,21,23-24,26-30,32-33,36,39-40H,8,14-20H2,1-7H3,(H,42,43)/b10-9+,13-12+,22-11+/t21-,23-,24+,26-,27-,28?,29+,30+,32+,33+,35-/m0/s1. The highest BCUT2D eigenvalue weighted by Gasteiger charge is 2.46. The van der Waals surface area contributed by atoms with Crippen LogP contribution in [0, 0.1) is 23.7 Å². The highest BCUT2D eigenvalue weighted by molar-refractivity contribution is 5.70. The van der Waals surface area contributed by atoms with E-state index >= 15 is 0 Å². The van der Waals surface area contributed by atoms with Gasteiger partial charge < -0.3 is 39.7 Å². The van der Waals surface area contributed by atoms with Crippen molar-refractivity contribution in [1.29, 1.82) is 0 Å². The normalized spacial score (nSPS) is 35.7. The number of cyclic esters (lactones) is 1. The maximum Gasteiger partial charge on any atom is 0.407 e. The lowest BCUT2D eigenvalue weighted by Gasteiger charge is -2.45. The molecule has 1 amide bonds. The molecule has 3 aliphatic rings. The molecule has 3 rings (SSSR count). The van der Waals surface area contributed by atoms with Gasteiger partial charge in [0.05, 0.1) is 36.9 Å². The summed E-state index contributed by atoms with van der Waals surface area (Å²) >= 11 is 0. The minimum absolute atomic E-state index is 0.0835. The first-order valence-corrected chi connectivity index (χ1v) is 16.8. The predicted molar refractivity (Wildman–Crippen MR) is 174 cm³/mol. The second-order valence-corrected chi connectivity index (χ2v) is 13.7. The number of epoxide rings is 1. The molecule has 1 unspecified atom stereocenters. The molecule has 4 N–H and O–H groups in total. The first-order chi connectivity index (χ1) is 21.7. The number of aliphatic hydroxyl groups excluding tert-OH is 2. The monoisotopic (exact) mass is 648 g/mol. The van der Waals surface area contributed by atoms with Crippen LogP contribution in [0.1, 0.15) is 80.6 Å². The number of nitrogens with one attached hydrogen (secondary N) is 1. The Hall–Kier alpha value is -2.73. The molecule has 46 heavy (non-hydrogen) atoms. The van der Waals surface area contributed by atoms with E-state index in [1.165, 1.54) is 11.8 Å². The quantitative estimate of drug-likeness (QED) is 0.117. The largest absolute Gasteiger partial charge is 0.465 e. The van der Waals surface area contributed by atoms with Gasteiger partial charge in [0.2, 0.25) is 0 Å². The average Bonchev–Trinajstić information content (AvgIpc) is 3.75. The Bertz CT molecular complexity index is 1140. The minimum atomic E-state index is -1.14. The van der Waals surface area contributed by atoms with E-state index in [1.807, 2.05) is 52.0 Å². The molecule has 0 saturated carbocycles. The number of aliphatic hydroxyl groups is 2. The van der Waals surface area contributed by atoms with Crippen LogP contribution in [-0.4, -0.2) is 100 Å². The van der Waals surface area contributed by atoms with E-state index in [9.17, 15) is 29.7 Å². The number of hydrogen-bond acceptors (Lipinski definition) is 9. The van der Waals surface area contributed by atoms with Crippen molar-refractivity contribution in [2.75, 3.05) is 19.6 Å². The van der Waals surface area contributed by atoms with Crippen molar-refractivity contribution in [3.8, 4) is 0 Å². The second-order valence-electron chi connectivity index (χ2n) is 13.7. The molecule has 11 atom stereocenters. The van der Waals surface area contributed by atoms with Crippen molar-refractivity contribution in [3.63, 3.8) is 0 Å². The summed E-state index contributed by atoms with van der Waals surface area (Å²) in [5.74, 6) is -1.54. The Morgan fingerprint density at radius 2 is 1.98 bits per heavy atom. The van der Waals surface area contributed by atoms with Crippen LogP contribution in [-0.2, 0) is 23.8 Å². The van der Waals surface area contributed by atoms with E-state index < -0.39 is 47.8 Å². The number of piperazine rings is 1. The molecular formula is C35H56N2O9. The fourth-order valence-electron chi connectivity index (χ4n) is 6.92. The van der Waals surface area contributed by atoms with Crippen LogP contribution in [0.4, 0.5) is 4.79 Å². The van der Waals surface area contributed by atoms with Crippen LogP contribution in [0.15, 0.2) is 36.0 Å². The van der Waals surface area contributed by atoms with Gasteiger partial charge in [-0.2, -0.15) is 0 Å². The van der Waals surface area contributed by atoms with Gasteiger partial charge in [0.15, 0.2) is 0 Å². The Balaban J connectivity index is 1.85. The summed E-state index contributed by atoms with van der Waals surface area (Å²) in [4.78, 5) is 38.9. The lowest BCUT2D eigenvalue weighted by atomic mass is 9.77. The maximum atomic E-state index is 13.0. The molecule has 260 valence electrons. The average molecular weight is 649 g/mol. The third-order valence-corrected chi connectivity index (χ3v) is 9.78. The number of ether oxygens (including phenoxy) is 3. The second kappa shape index (κ2) is 16.9. The van der Waals surface area contributed by atoms with E-state index in [1.54, 1.807) is 6.92 Å². The van der Waals surface area contributed by atoms with Gasteiger partial charge in [0, 0.05) is 44.3 Å². The number of amides is 1. The number of esters is 2. The predicted octanol–water partition coefficient (Wildman–Crippen LogP) is 4.23. The number of carbonyl (C=O) groups excluding carboxylic acids is 2. The summed E-state index contributed by atoms with van der Waals surface area (Å²) in [6, 6.07) is -0.524. The van der Waals surface area contributed by atoms with Gasteiger partial charge >= 0.3 is 18.0 Å². The summed E-state index contributed by atoms with van der Waals surface area (Å²) in [5, 5.41) is 34.2. The molecule has 0 radical (unpaired) electrons. The van der Waals surface area contributed by atoms with E-state index in [0.717, 1.165) is 12.0 Å². The van der Waals surface area contributed by atoms with E-state index in [2.05, 4.69) is 18.3 Å². The highest BCUT2D eigenvalue weighted by atomic mass is 16.6. The lowest BCUT2D eigenvalue weighted by Crippen LogP contribution is -2.60. The molecule has 3 aliphatic heterocycles. The minimum Gasteiger partial charge on any atom is -0.465 e. The molecule has 2 saturated heterocycles. The van der Waals surface area contributed by atoms with E-state index in [4.69, 9.17) is 14.2 Å². The van der Waals surface area contributed by atoms with Gasteiger partial charge in [-0.15, -0.1) is 0 Å². The first kappa shape index (κ1) is 37.7. The van der Waals surface area contributed by atoms with Crippen LogP contribution in [0.3, 0.4) is 0 Å². The highest BCUT2D eigenvalue weighted by Crippen LogP contribution is 2.38. The molecule has 0 aliphatic carbocycles. The molecule has 0 aromatic carbocycles. The summed E-state index contributed by atoms with van der Waals surface area (Å²) in [7, 11) is 0. The summed E-state index contributed by atoms with van der Waals surface area (Å²) in [6.07, 6.45) is 8.63. The van der Waals surface area contributed by atoms with Crippen molar-refractivity contribution < 1.29 is 43.9 Å². The Morgan fingerprint density at radius 1 is 1.26 bits per heavy atom. The van der Waals surface area contributed by atoms with Crippen LogP contribution < -0.4 is 5.32 Å². The van der Waals surface area contributed by atoms with Gasteiger partial charge in [-0.3, -0.25) is 9.59 Å². The zero-order valence-electron chi connectivity index (χ0n) is 28.6. The Labute approximate surface area is 274 Å². The van der Waals surface area contributed by atoms with Crippen LogP contribution in [0.25, 0.3) is 0 Å². The van der Waals surface area contributed by atoms with E-state index in [0.29, 0.717) is 26.1 Å². The van der Waals surface area contributed by atoms with Gasteiger partial charge in [-0.25, -0.2) is 4.79 Å². The number of carbonyl (C=O) groups is 3. The van der Waals surface area contributed by atoms with Crippen molar-refractivity contribution >= 4 is 18.0 Å². The van der Waals surface area contributed by atoms with Gasteiger partial charge in [0.1, 0.15) is 11.7 Å². The summed E-state index contributed by atoms with van der Waals surface area (Å²) in [6.45, 7) is 14.2. The number of rotatable bonds is 10. The summed E-state index contributed by atoms with van der Waals surface area (Å²) in [5.41, 5.74) is -0.328. The molecule has 11 heteroatoms. The number of carboxylic acid groups (broad SMARTS) is 1. The summed E-state index contributed by atoms with van der Waals surface area (Å²) < 4.78 is 17.7. The van der Waals surface area contributed by atoms with Crippen molar-refractivity contribution in [2.45, 2.75) is 123 Å². The van der Waals surface area contributed by atoms with Crippen molar-refractivity contribution in [2.24, 2.45) is 23.7 Å². The number of hydrogen-bond donors (Lipinski definition) is 4. The van der Waals surface area contributed by atoms with Gasteiger partial charge in [0.25, 0.3) is 0 Å².